The molecular weight excluding hydrogens is 384 g/mol. The Hall–Kier alpha value is -1.70. The lowest BCUT2D eigenvalue weighted by molar-refractivity contribution is -0.133. The topological polar surface area (TPSA) is 68.4 Å². The van der Waals surface area contributed by atoms with Crippen LogP contribution in [-0.4, -0.2) is 76.9 Å². The molecule has 1 aromatic carbocycles. The molecule has 0 radical (unpaired) electrons. The predicted octanol–water partition coefficient (Wildman–Crippen LogP) is 1.97. The van der Waals surface area contributed by atoms with E-state index in [9.17, 15) is 9.59 Å². The number of carbonyl (C=O) groups excluding carboxylic acids is 2. The highest BCUT2D eigenvalue weighted by atomic mass is 35.5. The molecule has 2 amide bonds. The van der Waals surface area contributed by atoms with Crippen LogP contribution in [0.5, 0.6) is 0 Å². The number of fused-ring (bicyclic) bond motifs is 1. The molecule has 6 nitrogen and oxygen atoms in total. The van der Waals surface area contributed by atoms with Gasteiger partial charge in [-0.25, -0.2) is 0 Å². The molecule has 8 heteroatoms. The normalized spacial score (nSPS) is 20.4. The molecule has 0 spiro atoms. The van der Waals surface area contributed by atoms with Gasteiger partial charge in [0.25, 0.3) is 5.91 Å². The maximum atomic E-state index is 12.7. The number of benzene rings is 1. The maximum absolute atomic E-state index is 12.7. The Morgan fingerprint density at radius 1 is 1.11 bits per heavy atom. The van der Waals surface area contributed by atoms with E-state index in [1.54, 1.807) is 0 Å². The third-order valence-electron chi connectivity index (χ3n) is 5.10. The number of piperazine rings is 1. The van der Waals surface area contributed by atoms with Gasteiger partial charge in [0.15, 0.2) is 0 Å². The van der Waals surface area contributed by atoms with Gasteiger partial charge in [-0.15, -0.1) is 12.4 Å². The molecule has 3 heterocycles. The van der Waals surface area contributed by atoms with Crippen LogP contribution in [-0.2, 0) is 4.79 Å². The van der Waals surface area contributed by atoms with E-state index in [1.165, 1.54) is 0 Å². The number of para-hydroxylation sites is 1. The van der Waals surface area contributed by atoms with Crippen LogP contribution in [0.2, 0.25) is 0 Å². The van der Waals surface area contributed by atoms with Gasteiger partial charge < -0.3 is 20.1 Å². The second kappa shape index (κ2) is 8.99. The number of halogens is 1. The van der Waals surface area contributed by atoms with Crippen molar-refractivity contribution in [3.63, 3.8) is 0 Å². The number of thioether (sulfide) groups is 1. The summed E-state index contributed by atoms with van der Waals surface area (Å²) in [6.07, 6.45) is 0.558. The molecule has 146 valence electrons. The van der Waals surface area contributed by atoms with Crippen molar-refractivity contribution >= 4 is 46.9 Å². The quantitative estimate of drug-likeness (QED) is 0.814. The molecule has 4 rings (SSSR count). The van der Waals surface area contributed by atoms with Gasteiger partial charge in [0.2, 0.25) is 5.91 Å². The molecule has 0 aliphatic carbocycles. The number of aromatic amines is 1. The third-order valence-corrected chi connectivity index (χ3v) is 6.23. The summed E-state index contributed by atoms with van der Waals surface area (Å²) in [5.74, 6) is 2.34. The van der Waals surface area contributed by atoms with Crippen LogP contribution in [0.15, 0.2) is 30.3 Å². The fourth-order valence-electron chi connectivity index (χ4n) is 3.61. The lowest BCUT2D eigenvalue weighted by Crippen LogP contribution is -2.52. The number of H-pyrrole nitrogens is 1. The lowest BCUT2D eigenvalue weighted by atomic mass is 10.2. The van der Waals surface area contributed by atoms with Crippen molar-refractivity contribution in [3.05, 3.63) is 36.0 Å². The highest BCUT2D eigenvalue weighted by molar-refractivity contribution is 7.99. The second-order valence-electron chi connectivity index (χ2n) is 6.87. The largest absolute Gasteiger partial charge is 0.351 e. The maximum Gasteiger partial charge on any atom is 0.270 e. The van der Waals surface area contributed by atoms with Crippen LogP contribution in [0.4, 0.5) is 0 Å². The third kappa shape index (κ3) is 4.59. The van der Waals surface area contributed by atoms with Crippen molar-refractivity contribution < 1.29 is 9.59 Å². The van der Waals surface area contributed by atoms with Gasteiger partial charge in [-0.3, -0.25) is 9.59 Å². The van der Waals surface area contributed by atoms with Gasteiger partial charge in [-0.1, -0.05) is 18.2 Å². The summed E-state index contributed by atoms with van der Waals surface area (Å²) in [4.78, 5) is 32.2. The Balaban J connectivity index is 0.00000210. The molecule has 1 unspecified atom stereocenters. The molecule has 27 heavy (non-hydrogen) atoms. The summed E-state index contributed by atoms with van der Waals surface area (Å²) >= 11 is 1.91. The van der Waals surface area contributed by atoms with Crippen molar-refractivity contribution in [2.24, 2.45) is 0 Å². The molecule has 2 aromatic rings. The smallest absolute Gasteiger partial charge is 0.270 e. The summed E-state index contributed by atoms with van der Waals surface area (Å²) in [6.45, 7) is 3.39. The molecule has 0 saturated carbocycles. The van der Waals surface area contributed by atoms with Crippen molar-refractivity contribution in [1.29, 1.82) is 0 Å². The van der Waals surface area contributed by atoms with E-state index >= 15 is 0 Å². The number of nitrogens with zero attached hydrogens (tertiary/aromatic N) is 2. The van der Waals surface area contributed by atoms with Crippen LogP contribution in [0.25, 0.3) is 10.9 Å². The van der Waals surface area contributed by atoms with Crippen molar-refractivity contribution in [2.75, 3.05) is 44.2 Å². The van der Waals surface area contributed by atoms with Crippen LogP contribution >= 0.6 is 24.2 Å². The number of nitrogens with one attached hydrogen (secondary N) is 2. The average molecular weight is 409 g/mol. The van der Waals surface area contributed by atoms with E-state index in [0.717, 1.165) is 29.0 Å². The molecule has 2 N–H and O–H groups in total. The number of hydrogen-bond acceptors (Lipinski definition) is 4. The molecule has 2 saturated heterocycles. The molecular formula is C19H25ClN4O2S. The molecule has 1 aromatic heterocycles. The summed E-state index contributed by atoms with van der Waals surface area (Å²) in [5, 5.41) is 4.46. The van der Waals surface area contributed by atoms with E-state index in [1.807, 2.05) is 51.9 Å². The van der Waals surface area contributed by atoms with Crippen LogP contribution in [0, 0.1) is 0 Å². The van der Waals surface area contributed by atoms with Gasteiger partial charge >= 0.3 is 0 Å². The lowest BCUT2D eigenvalue weighted by Gasteiger charge is -2.35. The van der Waals surface area contributed by atoms with Crippen molar-refractivity contribution in [2.45, 2.75) is 12.5 Å². The summed E-state index contributed by atoms with van der Waals surface area (Å²) in [7, 11) is 0. The minimum Gasteiger partial charge on any atom is -0.351 e. The van der Waals surface area contributed by atoms with Gasteiger partial charge in [-0.2, -0.15) is 11.8 Å². The number of amides is 2. The molecule has 0 bridgehead atoms. The first-order valence-corrected chi connectivity index (χ1v) is 10.3. The monoisotopic (exact) mass is 408 g/mol. The molecule has 2 aliphatic rings. The minimum atomic E-state index is 0. The van der Waals surface area contributed by atoms with Gasteiger partial charge in [0.05, 0.1) is 0 Å². The van der Waals surface area contributed by atoms with E-state index in [4.69, 9.17) is 0 Å². The Morgan fingerprint density at radius 3 is 2.56 bits per heavy atom. The molecule has 2 aliphatic heterocycles. The van der Waals surface area contributed by atoms with Crippen LogP contribution in [0.3, 0.4) is 0 Å². The van der Waals surface area contributed by atoms with E-state index < -0.39 is 0 Å². The fraction of sp³-hybridized carbons (Fsp3) is 0.474. The van der Waals surface area contributed by atoms with E-state index in [2.05, 4.69) is 10.3 Å². The van der Waals surface area contributed by atoms with Gasteiger partial charge in [-0.05, 0) is 12.1 Å². The number of aromatic nitrogens is 1. The van der Waals surface area contributed by atoms with E-state index in [0.29, 0.717) is 38.3 Å². The predicted molar refractivity (Wildman–Crippen MR) is 112 cm³/mol. The first-order valence-electron chi connectivity index (χ1n) is 9.16. The highest BCUT2D eigenvalue weighted by Gasteiger charge is 2.27. The van der Waals surface area contributed by atoms with Crippen molar-refractivity contribution in [3.8, 4) is 0 Å². The zero-order valence-corrected chi connectivity index (χ0v) is 16.8. The minimum absolute atomic E-state index is 0. The van der Waals surface area contributed by atoms with Crippen LogP contribution in [0.1, 0.15) is 16.9 Å². The summed E-state index contributed by atoms with van der Waals surface area (Å²) in [6, 6.07) is 10.1. The number of rotatable bonds is 3. The summed E-state index contributed by atoms with van der Waals surface area (Å²) < 4.78 is 0. The molecule has 2 fully saturated rings. The Labute approximate surface area is 169 Å². The highest BCUT2D eigenvalue weighted by Crippen LogP contribution is 2.17. The second-order valence-corrected chi connectivity index (χ2v) is 8.02. The average Bonchev–Trinajstić information content (AvgIpc) is 3.12. The van der Waals surface area contributed by atoms with Crippen molar-refractivity contribution in [1.82, 2.24) is 20.1 Å². The Kier molecular flexibility index (Phi) is 6.68. The van der Waals surface area contributed by atoms with E-state index in [-0.39, 0.29) is 30.3 Å². The summed E-state index contributed by atoms with van der Waals surface area (Å²) in [5.41, 5.74) is 1.59. The standard InChI is InChI=1S/C19H24N4O2S.ClH/c24-18(12-15-13-26-10-5-20-15)22-6-8-23(9-7-22)19(25)17-11-14-3-1-2-4-16(14)21-17;/h1-4,11,15,20-21H,5-10,12-13H2;1H. The fourth-order valence-corrected chi connectivity index (χ4v) is 4.56. The first-order chi connectivity index (χ1) is 12.7. The Morgan fingerprint density at radius 2 is 1.85 bits per heavy atom. The molecule has 1 atom stereocenters. The zero-order chi connectivity index (χ0) is 17.9. The zero-order valence-electron chi connectivity index (χ0n) is 15.1. The van der Waals surface area contributed by atoms with Gasteiger partial charge in [0, 0.05) is 67.6 Å². The van der Waals surface area contributed by atoms with Gasteiger partial charge in [0.1, 0.15) is 5.69 Å². The van der Waals surface area contributed by atoms with Crippen LogP contribution < -0.4 is 5.32 Å². The SMILES string of the molecule is Cl.O=C(CC1CSCCN1)N1CCN(C(=O)c2cc3ccccc3[nH]2)CC1. The first kappa shape index (κ1) is 20.0. The number of hydrogen-bond donors (Lipinski definition) is 2. The Bertz CT molecular complexity index is 765. The number of carbonyl (C=O) groups is 2.